The molecule has 0 radical (unpaired) electrons. The van der Waals surface area contributed by atoms with Gasteiger partial charge in [-0.15, -0.1) is 11.8 Å². The number of hydrogen-bond acceptors (Lipinski definition) is 5. The highest BCUT2D eigenvalue weighted by molar-refractivity contribution is 8.02. The van der Waals surface area contributed by atoms with Crippen molar-refractivity contribution < 1.29 is 19.5 Å². The van der Waals surface area contributed by atoms with Gasteiger partial charge in [0.2, 0.25) is 11.8 Å². The molecule has 220 valence electrons. The summed E-state index contributed by atoms with van der Waals surface area (Å²) in [6, 6.07) is 23.3. The molecule has 0 bridgehead atoms. The number of benzene rings is 3. The molecule has 0 aromatic heterocycles. The Bertz CT molecular complexity index is 1620. The van der Waals surface area contributed by atoms with E-state index in [1.54, 1.807) is 21.6 Å². The molecule has 1 spiro atoms. The average Bonchev–Trinajstić information content (AvgIpc) is 3.34. The Balaban J connectivity index is 1.27. The summed E-state index contributed by atoms with van der Waals surface area (Å²) in [6.07, 6.45) is 9.32. The van der Waals surface area contributed by atoms with E-state index in [1.165, 1.54) is 0 Å². The number of nitrogens with zero attached hydrogens (tertiary/aromatic N) is 3. The van der Waals surface area contributed by atoms with Crippen molar-refractivity contribution in [3.8, 4) is 0 Å². The molecular weight excluding hydrogens is 558 g/mol. The molecule has 5 atom stereocenters. The van der Waals surface area contributed by atoms with Crippen LogP contribution in [0.3, 0.4) is 0 Å². The van der Waals surface area contributed by atoms with Gasteiger partial charge in [0.25, 0.3) is 5.91 Å². The lowest BCUT2D eigenvalue weighted by atomic mass is 9.78. The number of aliphatic hydroxyl groups excluding tert-OH is 1. The molecule has 1 N–H and O–H groups in total. The van der Waals surface area contributed by atoms with E-state index in [2.05, 4.69) is 12.2 Å². The smallest absolute Gasteiger partial charge is 0.251 e. The molecule has 4 aliphatic rings. The van der Waals surface area contributed by atoms with Gasteiger partial charge in [0.1, 0.15) is 6.04 Å². The molecule has 7 rings (SSSR count). The highest BCUT2D eigenvalue weighted by Gasteiger charge is 2.70. The van der Waals surface area contributed by atoms with E-state index in [9.17, 15) is 19.5 Å². The normalized spacial score (nSPS) is 28.2. The Kier molecular flexibility index (Phi) is 7.35. The van der Waals surface area contributed by atoms with Crippen molar-refractivity contribution in [3.05, 3.63) is 103 Å². The number of unbranched alkanes of at least 4 members (excludes halogenated alkanes) is 1. The summed E-state index contributed by atoms with van der Waals surface area (Å²) in [7, 11) is 0. The summed E-state index contributed by atoms with van der Waals surface area (Å²) in [5.74, 6) is -1.50. The first-order valence-electron chi connectivity index (χ1n) is 15.1. The molecule has 3 aromatic carbocycles. The summed E-state index contributed by atoms with van der Waals surface area (Å²) in [5, 5.41) is 11.4. The fraction of sp³-hybridized carbons (Fsp3) is 0.343. The van der Waals surface area contributed by atoms with E-state index in [4.69, 9.17) is 0 Å². The van der Waals surface area contributed by atoms with Crippen molar-refractivity contribution in [2.75, 3.05) is 31.1 Å². The molecule has 1 unspecified atom stereocenters. The molecule has 0 saturated carbocycles. The van der Waals surface area contributed by atoms with E-state index >= 15 is 0 Å². The zero-order chi connectivity index (χ0) is 29.6. The van der Waals surface area contributed by atoms with Gasteiger partial charge in [-0.3, -0.25) is 14.4 Å². The third-order valence-electron chi connectivity index (χ3n) is 9.31. The van der Waals surface area contributed by atoms with E-state index in [-0.39, 0.29) is 29.6 Å². The van der Waals surface area contributed by atoms with Crippen LogP contribution in [-0.4, -0.2) is 74.9 Å². The predicted molar refractivity (Wildman–Crippen MR) is 169 cm³/mol. The molecular formula is C35H35N3O4S. The fourth-order valence-electron chi connectivity index (χ4n) is 7.35. The first-order chi connectivity index (χ1) is 21.0. The highest BCUT2D eigenvalue weighted by atomic mass is 32.2. The van der Waals surface area contributed by atoms with Crippen molar-refractivity contribution in [2.24, 2.45) is 11.8 Å². The van der Waals surface area contributed by atoms with E-state index < -0.39 is 22.6 Å². The van der Waals surface area contributed by atoms with Gasteiger partial charge in [-0.25, -0.2) is 0 Å². The van der Waals surface area contributed by atoms with Gasteiger partial charge >= 0.3 is 0 Å². The minimum absolute atomic E-state index is 0.0233. The van der Waals surface area contributed by atoms with Crippen LogP contribution >= 0.6 is 11.8 Å². The minimum Gasteiger partial charge on any atom is -0.396 e. The number of carbonyl (C=O) groups excluding carboxylic acids is 3. The molecule has 2 saturated heterocycles. The lowest BCUT2D eigenvalue weighted by Gasteiger charge is -2.35. The van der Waals surface area contributed by atoms with Crippen LogP contribution < -0.4 is 4.90 Å². The predicted octanol–water partition coefficient (Wildman–Crippen LogP) is 4.41. The Morgan fingerprint density at radius 3 is 2.44 bits per heavy atom. The zero-order valence-corrected chi connectivity index (χ0v) is 24.7. The number of amides is 3. The van der Waals surface area contributed by atoms with Crippen molar-refractivity contribution in [1.82, 2.24) is 9.80 Å². The summed E-state index contributed by atoms with van der Waals surface area (Å²) >= 11 is 1.61. The van der Waals surface area contributed by atoms with Gasteiger partial charge in [0.05, 0.1) is 16.6 Å². The summed E-state index contributed by atoms with van der Waals surface area (Å²) in [6.45, 7) is 1.74. The number of hydrogen-bond donors (Lipinski definition) is 1. The zero-order valence-electron chi connectivity index (χ0n) is 23.9. The standard InChI is InChI=1S/C35H35N3O4S/c39-21-7-6-19-38-31-34(42)37(27-16-15-25-12-4-5-13-26(25)22-27)20-9-17-35(31)30(33(38)41)29-28(43-35)14-8-18-36(32(29)40)23-24-10-2-1-3-11-24/h1-5,8-17,22,28-31,39H,6-7,18-21,23H2/t28-,29+,30-,31?,35-/m0/s1. The summed E-state index contributed by atoms with van der Waals surface area (Å²) in [5.41, 5.74) is 1.83. The maximum atomic E-state index is 14.7. The minimum atomic E-state index is -0.857. The number of carbonyl (C=O) groups is 3. The van der Waals surface area contributed by atoms with Crippen LogP contribution in [0.15, 0.2) is 97.1 Å². The first kappa shape index (κ1) is 27.9. The summed E-state index contributed by atoms with van der Waals surface area (Å²) in [4.78, 5) is 48.7. The first-order valence-corrected chi connectivity index (χ1v) is 16.0. The van der Waals surface area contributed by atoms with Gasteiger partial charge < -0.3 is 19.8 Å². The van der Waals surface area contributed by atoms with E-state index in [1.807, 2.05) is 89.8 Å². The van der Waals surface area contributed by atoms with Crippen LogP contribution in [0.5, 0.6) is 0 Å². The Morgan fingerprint density at radius 1 is 0.837 bits per heavy atom. The third kappa shape index (κ3) is 4.68. The van der Waals surface area contributed by atoms with Crippen LogP contribution in [0, 0.1) is 11.8 Å². The lowest BCUT2D eigenvalue weighted by Crippen LogP contribution is -2.53. The van der Waals surface area contributed by atoms with Gasteiger partial charge in [0.15, 0.2) is 0 Å². The topological polar surface area (TPSA) is 81.2 Å². The van der Waals surface area contributed by atoms with Crippen LogP contribution in [0.1, 0.15) is 18.4 Å². The van der Waals surface area contributed by atoms with Gasteiger partial charge in [-0.2, -0.15) is 0 Å². The van der Waals surface area contributed by atoms with Crippen LogP contribution in [0.4, 0.5) is 5.69 Å². The van der Waals surface area contributed by atoms with Gasteiger partial charge in [-0.05, 0) is 41.3 Å². The molecule has 2 fully saturated rings. The lowest BCUT2D eigenvalue weighted by molar-refractivity contribution is -0.143. The second-order valence-corrected chi connectivity index (χ2v) is 13.3. The van der Waals surface area contributed by atoms with Gasteiger partial charge in [-0.1, -0.05) is 85.0 Å². The maximum absolute atomic E-state index is 14.7. The largest absolute Gasteiger partial charge is 0.396 e. The van der Waals surface area contributed by atoms with Crippen molar-refractivity contribution in [1.29, 1.82) is 0 Å². The van der Waals surface area contributed by atoms with E-state index in [0.29, 0.717) is 39.0 Å². The number of aliphatic hydroxyl groups is 1. The van der Waals surface area contributed by atoms with E-state index in [0.717, 1.165) is 22.0 Å². The number of thioether (sulfide) groups is 1. The molecule has 7 nitrogen and oxygen atoms in total. The van der Waals surface area contributed by atoms with Crippen LogP contribution in [0.2, 0.25) is 0 Å². The monoisotopic (exact) mass is 593 g/mol. The van der Waals surface area contributed by atoms with Crippen LogP contribution in [0.25, 0.3) is 10.8 Å². The molecule has 0 aliphatic carbocycles. The molecule has 3 aromatic rings. The van der Waals surface area contributed by atoms with Crippen molar-refractivity contribution in [2.45, 2.75) is 35.4 Å². The number of likely N-dealkylation sites (tertiary alicyclic amines) is 1. The SMILES string of the molecule is O=C1[C@@H]2[C@H](C=CCN1Cc1ccccc1)S[C@]13C=CCN(c4ccc5ccccc5c4)C(=O)C1N(CCCCO)C(=O)[C@H]23. The Morgan fingerprint density at radius 2 is 1.63 bits per heavy atom. The fourth-order valence-corrected chi connectivity index (χ4v) is 9.35. The average molecular weight is 594 g/mol. The van der Waals surface area contributed by atoms with Crippen molar-refractivity contribution >= 4 is 45.9 Å². The molecule has 43 heavy (non-hydrogen) atoms. The molecule has 4 heterocycles. The van der Waals surface area contributed by atoms with Gasteiger partial charge in [0, 0.05) is 43.7 Å². The Labute approximate surface area is 255 Å². The Hall–Kier alpha value is -3.88. The maximum Gasteiger partial charge on any atom is 0.251 e. The molecule has 8 heteroatoms. The number of fused-ring (bicyclic) bond motifs is 3. The number of rotatable bonds is 7. The number of anilines is 1. The quantitative estimate of drug-likeness (QED) is 0.324. The second kappa shape index (κ2) is 11.3. The third-order valence-corrected chi connectivity index (χ3v) is 11.1. The second-order valence-electron chi connectivity index (χ2n) is 11.8. The van der Waals surface area contributed by atoms with Crippen LogP contribution in [-0.2, 0) is 20.9 Å². The molecule has 4 aliphatic heterocycles. The molecule has 3 amide bonds. The summed E-state index contributed by atoms with van der Waals surface area (Å²) < 4.78 is -0.857. The highest BCUT2D eigenvalue weighted by Crippen LogP contribution is 2.61. The van der Waals surface area contributed by atoms with Crippen molar-refractivity contribution in [3.63, 3.8) is 0 Å².